The second-order valence-electron chi connectivity index (χ2n) is 4.89. The highest BCUT2D eigenvalue weighted by Gasteiger charge is 2.26. The number of hydrogen-bond acceptors (Lipinski definition) is 4. The highest BCUT2D eigenvalue weighted by molar-refractivity contribution is 6.01. The fourth-order valence-electron chi connectivity index (χ4n) is 1.98. The second-order valence-corrected chi connectivity index (χ2v) is 4.89. The third-order valence-electron chi connectivity index (χ3n) is 3.00. The molecule has 102 valence electrons. The van der Waals surface area contributed by atoms with Crippen molar-refractivity contribution in [1.29, 1.82) is 0 Å². The number of nitrogens with zero attached hydrogens (tertiary/aromatic N) is 1. The van der Waals surface area contributed by atoms with E-state index >= 15 is 0 Å². The lowest BCUT2D eigenvalue weighted by molar-refractivity contribution is -0.133. The van der Waals surface area contributed by atoms with Crippen LogP contribution in [0.2, 0.25) is 0 Å². The summed E-state index contributed by atoms with van der Waals surface area (Å²) in [6.07, 6.45) is 2.18. The van der Waals surface area contributed by atoms with Gasteiger partial charge in [-0.3, -0.25) is 19.9 Å². The predicted octanol–water partition coefficient (Wildman–Crippen LogP) is 1.56. The number of piperidine rings is 1. The molecule has 1 unspecified atom stereocenters. The molecule has 2 amide bonds. The molecule has 1 aromatic heterocycles. The zero-order valence-electron chi connectivity index (χ0n) is 10.9. The standard InChI is InChI=1S/C13H16FN3O2/c1-7(2)12-9(14)5-8(6-15-12)16-10-3-4-11(18)17-13(10)19/h5-7,10,16H,3-4H2,1-2H3,(H,17,18,19). The molecule has 0 radical (unpaired) electrons. The summed E-state index contributed by atoms with van der Waals surface area (Å²) in [6.45, 7) is 3.72. The quantitative estimate of drug-likeness (QED) is 0.814. The van der Waals surface area contributed by atoms with Crippen molar-refractivity contribution in [3.05, 3.63) is 23.8 Å². The van der Waals surface area contributed by atoms with Gasteiger partial charge in [-0.15, -0.1) is 0 Å². The topological polar surface area (TPSA) is 71.1 Å². The van der Waals surface area contributed by atoms with E-state index in [1.165, 1.54) is 12.3 Å². The van der Waals surface area contributed by atoms with Gasteiger partial charge in [0.2, 0.25) is 11.8 Å². The maximum absolute atomic E-state index is 13.8. The molecule has 1 saturated heterocycles. The van der Waals surface area contributed by atoms with Crippen molar-refractivity contribution in [1.82, 2.24) is 10.3 Å². The summed E-state index contributed by atoms with van der Waals surface area (Å²) < 4.78 is 13.8. The molecule has 0 bridgehead atoms. The molecule has 1 atom stereocenters. The lowest BCUT2D eigenvalue weighted by Crippen LogP contribution is -2.47. The van der Waals surface area contributed by atoms with Crippen LogP contribution in [-0.4, -0.2) is 22.8 Å². The van der Waals surface area contributed by atoms with Crippen LogP contribution in [0.25, 0.3) is 0 Å². The fraction of sp³-hybridized carbons (Fsp3) is 0.462. The van der Waals surface area contributed by atoms with Crippen molar-refractivity contribution < 1.29 is 14.0 Å². The minimum Gasteiger partial charge on any atom is -0.372 e. The molecule has 0 aliphatic carbocycles. The van der Waals surface area contributed by atoms with Crippen molar-refractivity contribution in [3.8, 4) is 0 Å². The number of aromatic nitrogens is 1. The lowest BCUT2D eigenvalue weighted by Gasteiger charge is -2.22. The van der Waals surface area contributed by atoms with Gasteiger partial charge in [0.05, 0.1) is 17.6 Å². The van der Waals surface area contributed by atoms with E-state index < -0.39 is 11.9 Å². The van der Waals surface area contributed by atoms with E-state index in [4.69, 9.17) is 0 Å². The smallest absolute Gasteiger partial charge is 0.249 e. The molecule has 5 nitrogen and oxygen atoms in total. The van der Waals surface area contributed by atoms with E-state index in [-0.39, 0.29) is 24.2 Å². The molecule has 1 fully saturated rings. The van der Waals surface area contributed by atoms with Crippen molar-refractivity contribution in [2.75, 3.05) is 5.32 Å². The van der Waals surface area contributed by atoms with Crippen LogP contribution in [0.3, 0.4) is 0 Å². The average Bonchev–Trinajstić information content (AvgIpc) is 2.32. The lowest BCUT2D eigenvalue weighted by atomic mass is 10.1. The Bertz CT molecular complexity index is 517. The number of imide groups is 1. The van der Waals surface area contributed by atoms with Crippen LogP contribution in [0.4, 0.5) is 10.1 Å². The maximum atomic E-state index is 13.8. The van der Waals surface area contributed by atoms with Crippen molar-refractivity contribution in [2.45, 2.75) is 38.6 Å². The Morgan fingerprint density at radius 3 is 2.79 bits per heavy atom. The third kappa shape index (κ3) is 3.07. The van der Waals surface area contributed by atoms with Gasteiger partial charge in [0.25, 0.3) is 0 Å². The van der Waals surface area contributed by atoms with Crippen LogP contribution in [0.15, 0.2) is 12.3 Å². The van der Waals surface area contributed by atoms with Crippen LogP contribution in [-0.2, 0) is 9.59 Å². The van der Waals surface area contributed by atoms with Gasteiger partial charge in [-0.1, -0.05) is 13.8 Å². The molecule has 1 aliphatic heterocycles. The Hall–Kier alpha value is -1.98. The summed E-state index contributed by atoms with van der Waals surface area (Å²) in [5, 5.41) is 5.13. The molecule has 6 heteroatoms. The minimum atomic E-state index is -0.524. The maximum Gasteiger partial charge on any atom is 0.249 e. The molecule has 1 aliphatic rings. The zero-order chi connectivity index (χ0) is 14.0. The number of amides is 2. The zero-order valence-corrected chi connectivity index (χ0v) is 10.9. The van der Waals surface area contributed by atoms with E-state index in [1.807, 2.05) is 13.8 Å². The molecule has 0 spiro atoms. The van der Waals surface area contributed by atoms with Gasteiger partial charge in [-0.05, 0) is 12.3 Å². The first-order chi connectivity index (χ1) is 8.97. The highest BCUT2D eigenvalue weighted by atomic mass is 19.1. The minimum absolute atomic E-state index is 0.00431. The number of carbonyl (C=O) groups is 2. The monoisotopic (exact) mass is 265 g/mol. The molecular weight excluding hydrogens is 249 g/mol. The summed E-state index contributed by atoms with van der Waals surface area (Å²) in [5.41, 5.74) is 0.838. The molecule has 2 N–H and O–H groups in total. The van der Waals surface area contributed by atoms with E-state index in [2.05, 4.69) is 15.6 Å². The third-order valence-corrected chi connectivity index (χ3v) is 3.00. The fourth-order valence-corrected chi connectivity index (χ4v) is 1.98. The van der Waals surface area contributed by atoms with E-state index in [0.29, 0.717) is 17.8 Å². The van der Waals surface area contributed by atoms with Crippen LogP contribution in [0, 0.1) is 5.82 Å². The number of pyridine rings is 1. The van der Waals surface area contributed by atoms with E-state index in [9.17, 15) is 14.0 Å². The molecular formula is C13H16FN3O2. The Morgan fingerprint density at radius 1 is 1.47 bits per heavy atom. The first-order valence-electron chi connectivity index (χ1n) is 6.23. The van der Waals surface area contributed by atoms with Crippen molar-refractivity contribution in [3.63, 3.8) is 0 Å². The van der Waals surface area contributed by atoms with Crippen molar-refractivity contribution >= 4 is 17.5 Å². The number of carbonyl (C=O) groups excluding carboxylic acids is 2. The Balaban J connectivity index is 2.09. The average molecular weight is 265 g/mol. The van der Waals surface area contributed by atoms with Gasteiger partial charge >= 0.3 is 0 Å². The SMILES string of the molecule is CC(C)c1ncc(NC2CCC(=O)NC2=O)cc1F. The molecule has 19 heavy (non-hydrogen) atoms. The second kappa shape index (κ2) is 5.34. The van der Waals surface area contributed by atoms with Gasteiger partial charge in [0.15, 0.2) is 0 Å². The predicted molar refractivity (Wildman–Crippen MR) is 68.1 cm³/mol. The summed E-state index contributed by atoms with van der Waals surface area (Å²) >= 11 is 0. The summed E-state index contributed by atoms with van der Waals surface area (Å²) in [7, 11) is 0. The number of rotatable bonds is 3. The van der Waals surface area contributed by atoms with E-state index in [1.54, 1.807) is 0 Å². The first kappa shape index (κ1) is 13.5. The highest BCUT2D eigenvalue weighted by Crippen LogP contribution is 2.20. The summed E-state index contributed by atoms with van der Waals surface area (Å²) in [6, 6.07) is 0.801. The van der Waals surface area contributed by atoms with Gasteiger partial charge in [0.1, 0.15) is 11.9 Å². The summed E-state index contributed by atoms with van der Waals surface area (Å²) in [4.78, 5) is 26.6. The molecule has 2 heterocycles. The molecule has 0 aromatic carbocycles. The van der Waals surface area contributed by atoms with Gasteiger partial charge in [-0.25, -0.2) is 4.39 Å². The normalized spacial score (nSPS) is 19.5. The molecule has 0 saturated carbocycles. The Labute approximate surface area is 110 Å². The largest absolute Gasteiger partial charge is 0.372 e. The Morgan fingerprint density at radius 2 is 2.21 bits per heavy atom. The first-order valence-corrected chi connectivity index (χ1v) is 6.23. The van der Waals surface area contributed by atoms with E-state index in [0.717, 1.165) is 0 Å². The van der Waals surface area contributed by atoms with Crippen molar-refractivity contribution in [2.24, 2.45) is 0 Å². The summed E-state index contributed by atoms with van der Waals surface area (Å²) in [5.74, 6) is -1.05. The Kier molecular flexibility index (Phi) is 3.78. The number of nitrogens with one attached hydrogen (secondary N) is 2. The van der Waals surface area contributed by atoms with Gasteiger partial charge in [0, 0.05) is 12.5 Å². The van der Waals surface area contributed by atoms with Crippen LogP contribution in [0.5, 0.6) is 0 Å². The number of hydrogen-bond donors (Lipinski definition) is 2. The van der Waals surface area contributed by atoms with Crippen LogP contribution in [0.1, 0.15) is 38.3 Å². The molecule has 1 aromatic rings. The molecule has 2 rings (SSSR count). The van der Waals surface area contributed by atoms with Gasteiger partial charge in [-0.2, -0.15) is 0 Å². The van der Waals surface area contributed by atoms with Gasteiger partial charge < -0.3 is 5.32 Å². The van der Waals surface area contributed by atoms with Crippen LogP contribution >= 0.6 is 0 Å². The van der Waals surface area contributed by atoms with Crippen LogP contribution < -0.4 is 10.6 Å². The number of anilines is 1. The number of halogens is 1.